The Morgan fingerprint density at radius 3 is 2.62 bits per heavy atom. The molecule has 88 valence electrons. The number of nitrogens with two attached hydrogens (primary N) is 1. The van der Waals surface area contributed by atoms with Crippen LogP contribution in [0.2, 0.25) is 0 Å². The van der Waals surface area contributed by atoms with Gasteiger partial charge in [-0.2, -0.15) is 9.97 Å². The van der Waals surface area contributed by atoms with Gasteiger partial charge in [0, 0.05) is 18.2 Å². The number of nitrogens with zero attached hydrogens (tertiary/aromatic N) is 2. The van der Waals surface area contributed by atoms with Crippen LogP contribution in [0.5, 0.6) is 0 Å². The smallest absolute Gasteiger partial charge is 0.223 e. The number of nitrogens with one attached hydrogen (secondary N) is 2. The fourth-order valence-electron chi connectivity index (χ4n) is 1.94. The van der Waals surface area contributed by atoms with Crippen molar-refractivity contribution in [3.8, 4) is 0 Å². The Bertz CT molecular complexity index is 373. The lowest BCUT2D eigenvalue weighted by atomic mass is 9.78. The van der Waals surface area contributed by atoms with Crippen LogP contribution in [-0.2, 0) is 0 Å². The Balaban J connectivity index is 2.13. The maximum atomic E-state index is 5.67. The first-order valence-electron chi connectivity index (χ1n) is 5.78. The summed E-state index contributed by atoms with van der Waals surface area (Å²) < 4.78 is 0. The number of hydrogen-bond donors (Lipinski definition) is 3. The highest BCUT2D eigenvalue weighted by molar-refractivity contribution is 5.52. The topological polar surface area (TPSA) is 75.9 Å². The highest BCUT2D eigenvalue weighted by atomic mass is 15.1. The molecule has 4 N–H and O–H groups in total. The SMILES string of the molecule is CCNc1cc(NC2(C)CCC2)nc(N)n1. The van der Waals surface area contributed by atoms with Crippen molar-refractivity contribution in [2.75, 3.05) is 22.9 Å². The molecule has 1 aromatic rings. The molecule has 1 saturated carbocycles. The van der Waals surface area contributed by atoms with Crippen molar-refractivity contribution in [1.82, 2.24) is 9.97 Å². The Morgan fingerprint density at radius 1 is 1.38 bits per heavy atom. The van der Waals surface area contributed by atoms with Crippen molar-refractivity contribution in [2.24, 2.45) is 0 Å². The zero-order valence-corrected chi connectivity index (χ0v) is 9.88. The summed E-state index contributed by atoms with van der Waals surface area (Å²) in [6.07, 6.45) is 3.66. The Kier molecular flexibility index (Phi) is 2.85. The number of rotatable bonds is 4. The molecule has 0 unspecified atom stereocenters. The van der Waals surface area contributed by atoms with Crippen molar-refractivity contribution in [1.29, 1.82) is 0 Å². The van der Waals surface area contributed by atoms with Crippen molar-refractivity contribution in [2.45, 2.75) is 38.6 Å². The lowest BCUT2D eigenvalue weighted by Gasteiger charge is -2.39. The predicted molar refractivity (Wildman–Crippen MR) is 66.5 cm³/mol. The van der Waals surface area contributed by atoms with Gasteiger partial charge in [0.2, 0.25) is 5.95 Å². The van der Waals surface area contributed by atoms with Crippen LogP contribution in [0, 0.1) is 0 Å². The lowest BCUT2D eigenvalue weighted by molar-refractivity contribution is 0.306. The molecular formula is C11H19N5. The van der Waals surface area contributed by atoms with E-state index in [9.17, 15) is 0 Å². The van der Waals surface area contributed by atoms with E-state index in [0.717, 1.165) is 18.2 Å². The molecule has 1 heterocycles. The number of anilines is 3. The van der Waals surface area contributed by atoms with E-state index in [-0.39, 0.29) is 5.54 Å². The standard InChI is InChI=1S/C11H19N5/c1-3-13-8-7-9(15-10(12)14-8)16-11(2)5-4-6-11/h7H,3-6H2,1-2H3,(H4,12,13,14,15,16). The minimum absolute atomic E-state index is 0.185. The first-order chi connectivity index (χ1) is 7.61. The molecule has 0 spiro atoms. The number of aromatic nitrogens is 2. The minimum Gasteiger partial charge on any atom is -0.370 e. The summed E-state index contributed by atoms with van der Waals surface area (Å²) in [6, 6.07) is 1.91. The molecule has 1 fully saturated rings. The molecule has 0 atom stereocenters. The third-order valence-electron chi connectivity index (χ3n) is 2.99. The minimum atomic E-state index is 0.185. The summed E-state index contributed by atoms with van der Waals surface area (Å²) in [4.78, 5) is 8.31. The first kappa shape index (κ1) is 11.0. The quantitative estimate of drug-likeness (QED) is 0.723. The van der Waals surface area contributed by atoms with Gasteiger partial charge in [-0.05, 0) is 33.1 Å². The van der Waals surface area contributed by atoms with Crippen LogP contribution in [0.15, 0.2) is 6.07 Å². The normalized spacial score (nSPS) is 17.6. The molecule has 1 aliphatic rings. The van der Waals surface area contributed by atoms with Gasteiger partial charge in [0.05, 0.1) is 0 Å². The fourth-order valence-corrected chi connectivity index (χ4v) is 1.94. The molecule has 0 aliphatic heterocycles. The van der Waals surface area contributed by atoms with Crippen LogP contribution in [0.4, 0.5) is 17.6 Å². The number of nitrogen functional groups attached to an aromatic ring is 1. The molecule has 0 amide bonds. The van der Waals surface area contributed by atoms with Crippen LogP contribution in [0.1, 0.15) is 33.1 Å². The molecule has 16 heavy (non-hydrogen) atoms. The van der Waals surface area contributed by atoms with E-state index in [1.165, 1.54) is 19.3 Å². The first-order valence-corrected chi connectivity index (χ1v) is 5.78. The van der Waals surface area contributed by atoms with Gasteiger partial charge in [-0.25, -0.2) is 0 Å². The largest absolute Gasteiger partial charge is 0.370 e. The van der Waals surface area contributed by atoms with Gasteiger partial charge in [0.15, 0.2) is 0 Å². The van der Waals surface area contributed by atoms with Crippen molar-refractivity contribution in [3.63, 3.8) is 0 Å². The maximum absolute atomic E-state index is 5.67. The molecule has 0 saturated heterocycles. The molecule has 1 aromatic heterocycles. The van der Waals surface area contributed by atoms with Crippen LogP contribution in [0.25, 0.3) is 0 Å². The number of hydrogen-bond acceptors (Lipinski definition) is 5. The van der Waals surface area contributed by atoms with E-state index in [1.54, 1.807) is 0 Å². The molecule has 0 radical (unpaired) electrons. The summed E-state index contributed by atoms with van der Waals surface area (Å²) >= 11 is 0. The summed E-state index contributed by atoms with van der Waals surface area (Å²) in [5.74, 6) is 1.90. The van der Waals surface area contributed by atoms with E-state index in [2.05, 4.69) is 27.5 Å². The van der Waals surface area contributed by atoms with Crippen LogP contribution in [-0.4, -0.2) is 22.1 Å². The van der Waals surface area contributed by atoms with Gasteiger partial charge in [0.1, 0.15) is 11.6 Å². The summed E-state index contributed by atoms with van der Waals surface area (Å²) in [5, 5.41) is 6.56. The van der Waals surface area contributed by atoms with E-state index in [0.29, 0.717) is 5.95 Å². The van der Waals surface area contributed by atoms with Crippen molar-refractivity contribution in [3.05, 3.63) is 6.07 Å². The van der Waals surface area contributed by atoms with E-state index in [4.69, 9.17) is 5.73 Å². The van der Waals surface area contributed by atoms with Gasteiger partial charge < -0.3 is 16.4 Å². The Labute approximate surface area is 95.9 Å². The van der Waals surface area contributed by atoms with Crippen molar-refractivity contribution >= 4 is 17.6 Å². The van der Waals surface area contributed by atoms with E-state index < -0.39 is 0 Å². The summed E-state index contributed by atoms with van der Waals surface area (Å²) in [6.45, 7) is 5.06. The Morgan fingerprint density at radius 2 is 2.06 bits per heavy atom. The highest BCUT2D eigenvalue weighted by Crippen LogP contribution is 2.34. The van der Waals surface area contributed by atoms with E-state index >= 15 is 0 Å². The van der Waals surface area contributed by atoms with Gasteiger partial charge in [0.25, 0.3) is 0 Å². The molecule has 5 heteroatoms. The molecule has 2 rings (SSSR count). The van der Waals surface area contributed by atoms with Crippen LogP contribution >= 0.6 is 0 Å². The zero-order valence-electron chi connectivity index (χ0n) is 9.88. The fraction of sp³-hybridized carbons (Fsp3) is 0.636. The molecular weight excluding hydrogens is 202 g/mol. The predicted octanol–water partition coefficient (Wildman–Crippen LogP) is 1.85. The van der Waals surface area contributed by atoms with Crippen LogP contribution in [0.3, 0.4) is 0 Å². The zero-order chi connectivity index (χ0) is 11.6. The molecule has 5 nitrogen and oxygen atoms in total. The second-order valence-corrected chi connectivity index (χ2v) is 4.57. The summed E-state index contributed by atoms with van der Waals surface area (Å²) in [5.41, 5.74) is 5.85. The van der Waals surface area contributed by atoms with Gasteiger partial charge in [-0.15, -0.1) is 0 Å². The third-order valence-corrected chi connectivity index (χ3v) is 2.99. The average molecular weight is 221 g/mol. The van der Waals surface area contributed by atoms with Crippen LogP contribution < -0.4 is 16.4 Å². The second kappa shape index (κ2) is 4.15. The highest BCUT2D eigenvalue weighted by Gasteiger charge is 2.31. The van der Waals surface area contributed by atoms with Crippen molar-refractivity contribution < 1.29 is 0 Å². The van der Waals surface area contributed by atoms with Gasteiger partial charge in [-0.3, -0.25) is 0 Å². The monoisotopic (exact) mass is 221 g/mol. The average Bonchev–Trinajstić information content (AvgIpc) is 2.14. The molecule has 0 bridgehead atoms. The summed E-state index contributed by atoms with van der Waals surface area (Å²) in [7, 11) is 0. The van der Waals surface area contributed by atoms with Gasteiger partial charge >= 0.3 is 0 Å². The second-order valence-electron chi connectivity index (χ2n) is 4.57. The van der Waals surface area contributed by atoms with Gasteiger partial charge in [-0.1, -0.05) is 0 Å². The van der Waals surface area contributed by atoms with E-state index in [1.807, 2.05) is 13.0 Å². The lowest BCUT2D eigenvalue weighted by Crippen LogP contribution is -2.41. The Hall–Kier alpha value is -1.52. The third kappa shape index (κ3) is 2.35. The maximum Gasteiger partial charge on any atom is 0.223 e. The molecule has 1 aliphatic carbocycles. The molecule has 0 aromatic carbocycles.